The molecule has 5 heteroatoms. The van der Waals surface area contributed by atoms with E-state index in [9.17, 15) is 4.79 Å². The molecule has 5 nitrogen and oxygen atoms in total. The van der Waals surface area contributed by atoms with Crippen molar-refractivity contribution in [2.45, 2.75) is 25.6 Å². The van der Waals surface area contributed by atoms with Gasteiger partial charge in [0, 0.05) is 0 Å². The molecule has 0 saturated heterocycles. The molecule has 0 aromatic rings. The first kappa shape index (κ1) is 10.9. The second kappa shape index (κ2) is 4.74. The van der Waals surface area contributed by atoms with Gasteiger partial charge in [0.1, 0.15) is 11.9 Å². The third kappa shape index (κ3) is 2.89. The quantitative estimate of drug-likeness (QED) is 0.439. The molecule has 0 aromatic heterocycles. The van der Waals surface area contributed by atoms with Gasteiger partial charge in [-0.3, -0.25) is 0 Å². The Hall–Kier alpha value is -1.07. The van der Waals surface area contributed by atoms with Gasteiger partial charge < -0.3 is 20.4 Å². The molecule has 0 aromatic carbocycles. The van der Waals surface area contributed by atoms with Gasteiger partial charge in [0.05, 0.1) is 0 Å². The Morgan fingerprint density at radius 3 is 2.17 bits per heavy atom. The van der Waals surface area contributed by atoms with Crippen LogP contribution in [0.4, 0.5) is 0 Å². The van der Waals surface area contributed by atoms with Gasteiger partial charge in [-0.05, 0) is 12.5 Å². The van der Waals surface area contributed by atoms with Gasteiger partial charge >= 0.3 is 5.97 Å². The van der Waals surface area contributed by atoms with E-state index in [0.717, 1.165) is 0 Å². The molecule has 0 saturated carbocycles. The van der Waals surface area contributed by atoms with E-state index in [1.807, 2.05) is 0 Å². The summed E-state index contributed by atoms with van der Waals surface area (Å²) in [6.45, 7) is 1.70. The molecule has 0 radical (unpaired) electrons. The third-order valence-corrected chi connectivity index (χ3v) is 1.27. The first-order chi connectivity index (χ1) is 5.50. The number of hydrogen-bond donors (Lipinski definition) is 4. The number of hydrogen-bond acceptors (Lipinski definition) is 4. The van der Waals surface area contributed by atoms with Gasteiger partial charge in [0.15, 0.2) is 6.10 Å². The van der Waals surface area contributed by atoms with Crippen LogP contribution in [0.2, 0.25) is 0 Å². The number of allylic oxidation sites excluding steroid dienone is 1. The van der Waals surface area contributed by atoms with E-state index < -0.39 is 23.9 Å². The molecule has 70 valence electrons. The first-order valence-corrected chi connectivity index (χ1v) is 3.48. The standard InChI is InChI=1S/C7H12O5/c1-2-3-4(8)5(9)6(10)7(11)12/h3,5-6,8-10H,2H2,1H3,(H,11,12)/t5-,6+/m0/s1. The number of carbonyl (C=O) groups is 1. The van der Waals surface area contributed by atoms with Gasteiger partial charge in [0.2, 0.25) is 0 Å². The van der Waals surface area contributed by atoms with Crippen molar-refractivity contribution in [3.05, 3.63) is 11.8 Å². The largest absolute Gasteiger partial charge is 0.510 e. The SMILES string of the molecule is CCC=C(O)[C@H](O)[C@@H](O)C(=O)O. The fourth-order valence-corrected chi connectivity index (χ4v) is 0.627. The van der Waals surface area contributed by atoms with E-state index in [2.05, 4.69) is 0 Å². The molecule has 0 aliphatic heterocycles. The molecule has 0 bridgehead atoms. The topological polar surface area (TPSA) is 98.0 Å². The molecule has 12 heavy (non-hydrogen) atoms. The highest BCUT2D eigenvalue weighted by molar-refractivity contribution is 5.73. The summed E-state index contributed by atoms with van der Waals surface area (Å²) in [7, 11) is 0. The zero-order valence-electron chi connectivity index (χ0n) is 6.64. The van der Waals surface area contributed by atoms with Gasteiger partial charge in [0.25, 0.3) is 0 Å². The maximum atomic E-state index is 10.1. The van der Waals surface area contributed by atoms with Crippen molar-refractivity contribution in [3.63, 3.8) is 0 Å². The Kier molecular flexibility index (Phi) is 4.31. The van der Waals surface area contributed by atoms with Gasteiger partial charge in [-0.25, -0.2) is 4.79 Å². The summed E-state index contributed by atoms with van der Waals surface area (Å²) in [6, 6.07) is 0. The summed E-state index contributed by atoms with van der Waals surface area (Å²) in [6.07, 6.45) is -2.04. The molecule has 2 atom stereocenters. The van der Waals surface area contributed by atoms with Crippen LogP contribution in [0.15, 0.2) is 11.8 Å². The summed E-state index contributed by atoms with van der Waals surface area (Å²) in [5.74, 6) is -2.09. The zero-order chi connectivity index (χ0) is 9.72. The van der Waals surface area contributed by atoms with Gasteiger partial charge in [-0.2, -0.15) is 0 Å². The first-order valence-electron chi connectivity index (χ1n) is 3.48. The Bertz CT molecular complexity index is 186. The predicted octanol–water partition coefficient (Wildman–Crippen LogP) is -0.355. The molecular formula is C7H12O5. The van der Waals surface area contributed by atoms with Crippen LogP contribution in [0.5, 0.6) is 0 Å². The van der Waals surface area contributed by atoms with Crippen LogP contribution in [0.25, 0.3) is 0 Å². The molecule has 0 fully saturated rings. The minimum Gasteiger partial charge on any atom is -0.510 e. The molecule has 0 amide bonds. The molecule has 0 aliphatic rings. The summed E-state index contributed by atoms with van der Waals surface area (Å²) < 4.78 is 0. The maximum absolute atomic E-state index is 10.1. The molecule has 0 spiro atoms. The van der Waals surface area contributed by atoms with E-state index in [-0.39, 0.29) is 0 Å². The Morgan fingerprint density at radius 2 is 1.83 bits per heavy atom. The number of aliphatic hydroxyl groups is 3. The maximum Gasteiger partial charge on any atom is 0.335 e. The van der Waals surface area contributed by atoms with Gasteiger partial charge in [-0.15, -0.1) is 0 Å². The van der Waals surface area contributed by atoms with Crippen LogP contribution < -0.4 is 0 Å². The summed E-state index contributed by atoms with van der Waals surface area (Å²) in [5.41, 5.74) is 0. The van der Waals surface area contributed by atoms with Crippen molar-refractivity contribution in [1.29, 1.82) is 0 Å². The Morgan fingerprint density at radius 1 is 1.33 bits per heavy atom. The zero-order valence-corrected chi connectivity index (χ0v) is 6.64. The van der Waals surface area contributed by atoms with E-state index in [4.69, 9.17) is 20.4 Å². The van der Waals surface area contributed by atoms with Crippen LogP contribution >= 0.6 is 0 Å². The number of carboxylic acid groups (broad SMARTS) is 1. The van der Waals surface area contributed by atoms with E-state index in [0.29, 0.717) is 6.42 Å². The number of rotatable bonds is 4. The summed E-state index contributed by atoms with van der Waals surface area (Å²) >= 11 is 0. The number of carboxylic acids is 1. The minimum atomic E-state index is -1.98. The highest BCUT2D eigenvalue weighted by Crippen LogP contribution is 2.04. The average Bonchev–Trinajstić information content (AvgIpc) is 2.02. The lowest BCUT2D eigenvalue weighted by Crippen LogP contribution is -2.35. The lowest BCUT2D eigenvalue weighted by Gasteiger charge is -2.12. The van der Waals surface area contributed by atoms with E-state index >= 15 is 0 Å². The second-order valence-electron chi connectivity index (χ2n) is 2.27. The van der Waals surface area contributed by atoms with Crippen LogP contribution in [0, 0.1) is 0 Å². The minimum absolute atomic E-state index is 0.454. The lowest BCUT2D eigenvalue weighted by molar-refractivity contribution is -0.152. The van der Waals surface area contributed by atoms with Crippen molar-refractivity contribution in [2.75, 3.05) is 0 Å². The molecule has 0 unspecified atom stereocenters. The molecular weight excluding hydrogens is 164 g/mol. The molecule has 0 heterocycles. The second-order valence-corrected chi connectivity index (χ2v) is 2.27. The summed E-state index contributed by atoms with van der Waals surface area (Å²) in [5, 5.41) is 34.8. The van der Waals surface area contributed by atoms with Crippen LogP contribution in [0.1, 0.15) is 13.3 Å². The van der Waals surface area contributed by atoms with Crippen molar-refractivity contribution in [2.24, 2.45) is 0 Å². The highest BCUT2D eigenvalue weighted by atomic mass is 16.4. The predicted molar refractivity (Wildman–Crippen MR) is 40.7 cm³/mol. The fourth-order valence-electron chi connectivity index (χ4n) is 0.627. The average molecular weight is 176 g/mol. The number of aliphatic carboxylic acids is 1. The number of aliphatic hydroxyl groups excluding tert-OH is 3. The van der Waals surface area contributed by atoms with E-state index in [1.54, 1.807) is 6.92 Å². The van der Waals surface area contributed by atoms with Crippen molar-refractivity contribution >= 4 is 5.97 Å². The van der Waals surface area contributed by atoms with Crippen LogP contribution in [0.3, 0.4) is 0 Å². The Balaban J connectivity index is 4.28. The smallest absolute Gasteiger partial charge is 0.335 e. The third-order valence-electron chi connectivity index (χ3n) is 1.27. The normalized spacial score (nSPS) is 17.1. The lowest BCUT2D eigenvalue weighted by atomic mass is 10.1. The summed E-state index contributed by atoms with van der Waals surface area (Å²) in [4.78, 5) is 10.1. The van der Waals surface area contributed by atoms with Crippen molar-refractivity contribution < 1.29 is 25.2 Å². The monoisotopic (exact) mass is 176 g/mol. The molecule has 0 aliphatic carbocycles. The van der Waals surface area contributed by atoms with Crippen molar-refractivity contribution in [3.8, 4) is 0 Å². The van der Waals surface area contributed by atoms with E-state index in [1.165, 1.54) is 6.08 Å². The van der Waals surface area contributed by atoms with Crippen LogP contribution in [-0.2, 0) is 4.79 Å². The molecule has 0 rings (SSSR count). The van der Waals surface area contributed by atoms with Crippen molar-refractivity contribution in [1.82, 2.24) is 0 Å². The fraction of sp³-hybridized carbons (Fsp3) is 0.571. The molecule has 4 N–H and O–H groups in total. The Labute approximate surface area is 69.6 Å². The van der Waals surface area contributed by atoms with Gasteiger partial charge in [-0.1, -0.05) is 6.92 Å². The highest BCUT2D eigenvalue weighted by Gasteiger charge is 2.26. The van der Waals surface area contributed by atoms with Crippen LogP contribution in [-0.4, -0.2) is 38.6 Å².